The van der Waals surface area contributed by atoms with Gasteiger partial charge in [0.05, 0.1) is 12.9 Å². The molecule has 0 spiro atoms. The standard InChI is InChI=1S/C7H8N4O2.C2H5NO2/c1-10-5-4(8-3-9-5)6(12)11(2)7(10)13;3-1-2(4)5/h3H,1-2H3,(H,8,9);1,3H2,(H,4,5). The summed E-state index contributed by atoms with van der Waals surface area (Å²) in [5, 5.41) is 7.60. The maximum Gasteiger partial charge on any atom is 0.332 e. The van der Waals surface area contributed by atoms with Gasteiger partial charge in [0.1, 0.15) is 5.52 Å². The van der Waals surface area contributed by atoms with Crippen LogP contribution in [-0.4, -0.2) is 36.7 Å². The first-order valence-electron chi connectivity index (χ1n) is 4.91. The number of nitrogens with one attached hydrogen (secondary N) is 1. The molecule has 2 rings (SSSR count). The van der Waals surface area contributed by atoms with Gasteiger partial charge in [0, 0.05) is 14.1 Å². The molecule has 2 aromatic rings. The second-order valence-electron chi connectivity index (χ2n) is 3.40. The topological polar surface area (TPSA) is 136 Å². The SMILES string of the molecule is Cn1c(=O)c2[nH]cnc2n(C)c1=O.NCC(=O)O. The number of aromatic nitrogens is 4. The van der Waals surface area contributed by atoms with E-state index in [0.29, 0.717) is 11.2 Å². The van der Waals surface area contributed by atoms with Gasteiger partial charge in [0.25, 0.3) is 5.56 Å². The Labute approximate surface area is 100 Å². The monoisotopic (exact) mass is 255 g/mol. The average molecular weight is 255 g/mol. The zero-order valence-electron chi connectivity index (χ0n) is 9.88. The molecule has 9 nitrogen and oxygen atoms in total. The molecule has 9 heteroatoms. The molecule has 2 aromatic heterocycles. The second kappa shape index (κ2) is 5.27. The van der Waals surface area contributed by atoms with E-state index in [9.17, 15) is 14.4 Å². The summed E-state index contributed by atoms with van der Waals surface area (Å²) in [5.74, 6) is -0.968. The van der Waals surface area contributed by atoms with E-state index in [4.69, 9.17) is 5.11 Å². The first-order valence-corrected chi connectivity index (χ1v) is 4.91. The van der Waals surface area contributed by atoms with Crippen molar-refractivity contribution in [1.29, 1.82) is 0 Å². The molecule has 0 aliphatic heterocycles. The van der Waals surface area contributed by atoms with Gasteiger partial charge in [-0.2, -0.15) is 0 Å². The lowest BCUT2D eigenvalue weighted by atomic mass is 10.5. The van der Waals surface area contributed by atoms with Gasteiger partial charge in [-0.15, -0.1) is 0 Å². The predicted octanol–water partition coefficient (Wildman–Crippen LogP) is -2.01. The van der Waals surface area contributed by atoms with E-state index in [1.807, 2.05) is 0 Å². The lowest BCUT2D eigenvalue weighted by Crippen LogP contribution is -2.36. The number of rotatable bonds is 1. The Morgan fingerprint density at radius 3 is 2.50 bits per heavy atom. The number of hydrogen-bond donors (Lipinski definition) is 3. The van der Waals surface area contributed by atoms with Crippen LogP contribution in [0.3, 0.4) is 0 Å². The van der Waals surface area contributed by atoms with E-state index in [1.165, 1.54) is 17.9 Å². The Kier molecular flexibility index (Phi) is 4.00. The normalized spacial score (nSPS) is 9.94. The maximum atomic E-state index is 11.4. The summed E-state index contributed by atoms with van der Waals surface area (Å²) in [6.07, 6.45) is 1.39. The van der Waals surface area contributed by atoms with Crippen LogP contribution in [0.1, 0.15) is 0 Å². The van der Waals surface area contributed by atoms with Crippen molar-refractivity contribution in [3.05, 3.63) is 27.2 Å². The highest BCUT2D eigenvalue weighted by Crippen LogP contribution is 1.97. The lowest BCUT2D eigenvalue weighted by molar-refractivity contribution is -0.135. The van der Waals surface area contributed by atoms with Gasteiger partial charge in [-0.25, -0.2) is 9.78 Å². The molecule has 0 atom stereocenters. The summed E-state index contributed by atoms with van der Waals surface area (Å²) in [4.78, 5) is 38.6. The van der Waals surface area contributed by atoms with Crippen LogP contribution in [-0.2, 0) is 18.9 Å². The number of carbonyl (C=O) groups is 1. The second-order valence-corrected chi connectivity index (χ2v) is 3.40. The number of nitrogens with two attached hydrogens (primary N) is 1. The fourth-order valence-electron chi connectivity index (χ4n) is 1.27. The molecule has 4 N–H and O–H groups in total. The van der Waals surface area contributed by atoms with E-state index >= 15 is 0 Å². The summed E-state index contributed by atoms with van der Waals surface area (Å²) < 4.78 is 2.37. The fourth-order valence-corrected chi connectivity index (χ4v) is 1.27. The van der Waals surface area contributed by atoms with Gasteiger partial charge in [0.2, 0.25) is 0 Å². The first kappa shape index (κ1) is 13.6. The minimum Gasteiger partial charge on any atom is -0.480 e. The minimum absolute atomic E-state index is 0.278. The van der Waals surface area contributed by atoms with Crippen molar-refractivity contribution in [2.45, 2.75) is 0 Å². The molecule has 0 unspecified atom stereocenters. The number of aryl methyl sites for hydroxylation is 1. The van der Waals surface area contributed by atoms with Crippen LogP contribution in [0.5, 0.6) is 0 Å². The van der Waals surface area contributed by atoms with Gasteiger partial charge < -0.3 is 15.8 Å². The van der Waals surface area contributed by atoms with Gasteiger partial charge in [-0.1, -0.05) is 0 Å². The summed E-state index contributed by atoms with van der Waals surface area (Å²) >= 11 is 0. The van der Waals surface area contributed by atoms with Gasteiger partial charge >= 0.3 is 11.7 Å². The smallest absolute Gasteiger partial charge is 0.332 e. The van der Waals surface area contributed by atoms with E-state index in [-0.39, 0.29) is 17.8 Å². The third-order valence-corrected chi connectivity index (χ3v) is 2.20. The Hall–Kier alpha value is -2.42. The molecule has 0 aliphatic rings. The third kappa shape index (κ3) is 2.46. The van der Waals surface area contributed by atoms with Crippen molar-refractivity contribution < 1.29 is 9.90 Å². The highest BCUT2D eigenvalue weighted by Gasteiger charge is 2.08. The van der Waals surface area contributed by atoms with Crippen LogP contribution in [0.15, 0.2) is 15.9 Å². The minimum atomic E-state index is -0.968. The van der Waals surface area contributed by atoms with Crippen LogP contribution in [0.2, 0.25) is 0 Å². The van der Waals surface area contributed by atoms with E-state index in [2.05, 4.69) is 15.7 Å². The Morgan fingerprint density at radius 1 is 1.44 bits per heavy atom. The molecule has 0 amide bonds. The third-order valence-electron chi connectivity index (χ3n) is 2.20. The van der Waals surface area contributed by atoms with Crippen LogP contribution >= 0.6 is 0 Å². The zero-order valence-corrected chi connectivity index (χ0v) is 9.88. The number of nitrogens with zero attached hydrogens (tertiary/aromatic N) is 3. The number of carboxylic acids is 1. The number of H-pyrrole nitrogens is 1. The molecule has 0 aliphatic carbocycles. The van der Waals surface area contributed by atoms with Crippen LogP contribution in [0.4, 0.5) is 0 Å². The highest BCUT2D eigenvalue weighted by molar-refractivity contribution is 5.68. The first-order chi connectivity index (χ1) is 8.40. The highest BCUT2D eigenvalue weighted by atomic mass is 16.4. The van der Waals surface area contributed by atoms with Crippen LogP contribution in [0.25, 0.3) is 11.2 Å². The number of carboxylic acid groups (broad SMARTS) is 1. The summed E-state index contributed by atoms with van der Waals surface area (Å²) in [5.41, 5.74) is 4.58. The van der Waals surface area contributed by atoms with Crippen molar-refractivity contribution in [3.63, 3.8) is 0 Å². The van der Waals surface area contributed by atoms with Gasteiger partial charge in [-0.05, 0) is 0 Å². The molecule has 0 fully saturated rings. The molecule has 2 heterocycles. The van der Waals surface area contributed by atoms with Crippen molar-refractivity contribution in [1.82, 2.24) is 19.1 Å². The van der Waals surface area contributed by atoms with Gasteiger partial charge in [-0.3, -0.25) is 18.7 Å². The van der Waals surface area contributed by atoms with Crippen molar-refractivity contribution in [2.75, 3.05) is 6.54 Å². The van der Waals surface area contributed by atoms with Gasteiger partial charge in [0.15, 0.2) is 5.65 Å². The summed E-state index contributed by atoms with van der Waals surface area (Å²) in [6, 6.07) is 0. The Bertz CT molecular complexity index is 680. The number of aliphatic carboxylic acids is 1. The number of aromatic amines is 1. The van der Waals surface area contributed by atoms with E-state index < -0.39 is 5.97 Å². The van der Waals surface area contributed by atoms with E-state index in [1.54, 1.807) is 7.05 Å². The molecular weight excluding hydrogens is 242 g/mol. The van der Waals surface area contributed by atoms with E-state index in [0.717, 1.165) is 4.57 Å². The molecular formula is C9H13N5O4. The molecule has 0 saturated carbocycles. The average Bonchev–Trinajstić information content (AvgIpc) is 2.83. The predicted molar refractivity (Wildman–Crippen MR) is 63.3 cm³/mol. The molecule has 0 radical (unpaired) electrons. The quantitative estimate of drug-likeness (QED) is 0.538. The number of imidazole rings is 1. The largest absolute Gasteiger partial charge is 0.480 e. The maximum absolute atomic E-state index is 11.4. The Balaban J connectivity index is 0.000000280. The van der Waals surface area contributed by atoms with Crippen molar-refractivity contribution >= 4 is 17.1 Å². The summed E-state index contributed by atoms with van der Waals surface area (Å²) in [7, 11) is 3.01. The molecule has 0 saturated heterocycles. The lowest BCUT2D eigenvalue weighted by Gasteiger charge is -2.00. The molecule has 0 bridgehead atoms. The zero-order chi connectivity index (χ0) is 13.9. The van der Waals surface area contributed by atoms with Crippen molar-refractivity contribution in [2.24, 2.45) is 19.8 Å². The van der Waals surface area contributed by atoms with Crippen molar-refractivity contribution in [3.8, 4) is 0 Å². The number of hydrogen-bond acceptors (Lipinski definition) is 5. The molecule has 18 heavy (non-hydrogen) atoms. The fraction of sp³-hybridized carbons (Fsp3) is 0.333. The Morgan fingerprint density at radius 2 is 2.00 bits per heavy atom. The molecule has 0 aromatic carbocycles. The number of fused-ring (bicyclic) bond motifs is 1. The molecule has 98 valence electrons. The van der Waals surface area contributed by atoms with Crippen LogP contribution in [0, 0.1) is 0 Å². The summed E-state index contributed by atoms with van der Waals surface area (Å²) in [6.45, 7) is -0.278. The van der Waals surface area contributed by atoms with Crippen LogP contribution < -0.4 is 17.0 Å².